The minimum atomic E-state index is -0.0115. The van der Waals surface area contributed by atoms with Gasteiger partial charge in [-0.25, -0.2) is 4.98 Å². The zero-order valence-corrected chi connectivity index (χ0v) is 9.37. The van der Waals surface area contributed by atoms with Crippen LogP contribution in [0, 0.1) is 0 Å². The summed E-state index contributed by atoms with van der Waals surface area (Å²) in [6.45, 7) is 1.47. The van der Waals surface area contributed by atoms with Crippen LogP contribution in [0.25, 0.3) is 0 Å². The van der Waals surface area contributed by atoms with Gasteiger partial charge < -0.3 is 20.4 Å². The fraction of sp³-hybridized carbons (Fsp3) is 0.455. The molecule has 17 heavy (non-hydrogen) atoms. The molecule has 0 bridgehead atoms. The number of rotatable bonds is 3. The van der Waals surface area contributed by atoms with Gasteiger partial charge in [-0.1, -0.05) is 5.16 Å². The standard InChI is InChI=1S/C11H15N3O3/c12-11(14-15)10-2-1-9(7-13-10)17-8-3-5-16-6-4-8/h1-2,7-8,15H,3-6H2,(H2,12,14). The molecular weight excluding hydrogens is 222 g/mol. The molecule has 0 aromatic carbocycles. The lowest BCUT2D eigenvalue weighted by atomic mass is 10.1. The summed E-state index contributed by atoms with van der Waals surface area (Å²) in [4.78, 5) is 4.04. The van der Waals surface area contributed by atoms with E-state index in [1.165, 1.54) is 0 Å². The van der Waals surface area contributed by atoms with Crippen LogP contribution in [0.2, 0.25) is 0 Å². The summed E-state index contributed by atoms with van der Waals surface area (Å²) < 4.78 is 11.0. The lowest BCUT2D eigenvalue weighted by Crippen LogP contribution is -2.26. The Bertz CT molecular complexity index is 385. The summed E-state index contributed by atoms with van der Waals surface area (Å²) in [6, 6.07) is 3.42. The Labute approximate surface area is 99.0 Å². The zero-order chi connectivity index (χ0) is 12.1. The van der Waals surface area contributed by atoms with Crippen molar-refractivity contribution in [3.63, 3.8) is 0 Å². The molecule has 1 saturated heterocycles. The predicted octanol–water partition coefficient (Wildman–Crippen LogP) is 0.734. The Morgan fingerprint density at radius 2 is 2.24 bits per heavy atom. The summed E-state index contributed by atoms with van der Waals surface area (Å²) in [5, 5.41) is 11.4. The summed E-state index contributed by atoms with van der Waals surface area (Å²) in [5.41, 5.74) is 5.83. The number of ether oxygens (including phenoxy) is 2. The molecule has 1 aromatic heterocycles. The maximum absolute atomic E-state index is 8.50. The molecule has 1 aliphatic heterocycles. The van der Waals surface area contributed by atoms with Crippen molar-refractivity contribution in [1.82, 2.24) is 4.98 Å². The van der Waals surface area contributed by atoms with Crippen molar-refractivity contribution in [2.75, 3.05) is 13.2 Å². The van der Waals surface area contributed by atoms with E-state index in [1.54, 1.807) is 18.3 Å². The molecule has 2 heterocycles. The van der Waals surface area contributed by atoms with Crippen molar-refractivity contribution < 1.29 is 14.7 Å². The Balaban J connectivity index is 1.97. The van der Waals surface area contributed by atoms with Crippen LogP contribution in [-0.2, 0) is 4.74 Å². The molecule has 0 unspecified atom stereocenters. The first-order chi connectivity index (χ1) is 8.29. The molecule has 0 saturated carbocycles. The largest absolute Gasteiger partial charge is 0.489 e. The first-order valence-electron chi connectivity index (χ1n) is 5.48. The Morgan fingerprint density at radius 1 is 1.47 bits per heavy atom. The monoisotopic (exact) mass is 237 g/mol. The molecule has 2 rings (SSSR count). The van der Waals surface area contributed by atoms with Crippen molar-refractivity contribution in [2.45, 2.75) is 18.9 Å². The Kier molecular flexibility index (Phi) is 3.77. The topological polar surface area (TPSA) is 90.0 Å². The fourth-order valence-corrected chi connectivity index (χ4v) is 1.64. The highest BCUT2D eigenvalue weighted by atomic mass is 16.5. The quantitative estimate of drug-likeness (QED) is 0.350. The number of amidine groups is 1. The van der Waals surface area contributed by atoms with E-state index in [0.29, 0.717) is 11.4 Å². The molecule has 92 valence electrons. The first kappa shape index (κ1) is 11.7. The number of pyridine rings is 1. The summed E-state index contributed by atoms with van der Waals surface area (Å²) >= 11 is 0. The van der Waals surface area contributed by atoms with E-state index >= 15 is 0 Å². The smallest absolute Gasteiger partial charge is 0.188 e. The molecule has 0 atom stereocenters. The van der Waals surface area contributed by atoms with Gasteiger partial charge in [-0.05, 0) is 12.1 Å². The number of hydrogen-bond donors (Lipinski definition) is 2. The number of aromatic nitrogens is 1. The molecule has 6 heteroatoms. The zero-order valence-electron chi connectivity index (χ0n) is 9.37. The van der Waals surface area contributed by atoms with Gasteiger partial charge in [-0.3, -0.25) is 0 Å². The van der Waals surface area contributed by atoms with Gasteiger partial charge in [0.2, 0.25) is 0 Å². The van der Waals surface area contributed by atoms with E-state index in [2.05, 4.69) is 10.1 Å². The lowest BCUT2D eigenvalue weighted by Gasteiger charge is -2.23. The van der Waals surface area contributed by atoms with Crippen LogP contribution < -0.4 is 10.5 Å². The summed E-state index contributed by atoms with van der Waals surface area (Å²) in [6.07, 6.45) is 3.53. The van der Waals surface area contributed by atoms with Gasteiger partial charge in [0, 0.05) is 12.8 Å². The minimum absolute atomic E-state index is 0.0115. The van der Waals surface area contributed by atoms with Crippen LogP contribution in [0.3, 0.4) is 0 Å². The van der Waals surface area contributed by atoms with Crippen LogP contribution in [0.1, 0.15) is 18.5 Å². The van der Waals surface area contributed by atoms with E-state index in [-0.39, 0.29) is 11.9 Å². The van der Waals surface area contributed by atoms with Crippen LogP contribution in [0.4, 0.5) is 0 Å². The summed E-state index contributed by atoms with van der Waals surface area (Å²) in [7, 11) is 0. The third-order valence-electron chi connectivity index (χ3n) is 2.58. The van der Waals surface area contributed by atoms with Gasteiger partial charge in [-0.15, -0.1) is 0 Å². The highest BCUT2D eigenvalue weighted by Gasteiger charge is 2.15. The maximum Gasteiger partial charge on any atom is 0.188 e. The van der Waals surface area contributed by atoms with Crippen LogP contribution in [-0.4, -0.2) is 35.3 Å². The molecule has 6 nitrogen and oxygen atoms in total. The highest BCUT2D eigenvalue weighted by Crippen LogP contribution is 2.17. The molecule has 3 N–H and O–H groups in total. The third-order valence-corrected chi connectivity index (χ3v) is 2.58. The molecule has 1 fully saturated rings. The lowest BCUT2D eigenvalue weighted by molar-refractivity contribution is 0.0254. The fourth-order valence-electron chi connectivity index (χ4n) is 1.64. The predicted molar refractivity (Wildman–Crippen MR) is 61.2 cm³/mol. The second-order valence-electron chi connectivity index (χ2n) is 3.79. The molecular formula is C11H15N3O3. The molecule has 0 radical (unpaired) electrons. The number of hydrogen-bond acceptors (Lipinski definition) is 5. The number of nitrogens with two attached hydrogens (primary N) is 1. The first-order valence-corrected chi connectivity index (χ1v) is 5.48. The molecule has 1 aliphatic rings. The van der Waals surface area contributed by atoms with Crippen molar-refractivity contribution in [3.8, 4) is 5.75 Å². The van der Waals surface area contributed by atoms with E-state index in [9.17, 15) is 0 Å². The second kappa shape index (κ2) is 5.49. The van der Waals surface area contributed by atoms with Gasteiger partial charge in [0.15, 0.2) is 5.84 Å². The van der Waals surface area contributed by atoms with Gasteiger partial charge >= 0.3 is 0 Å². The van der Waals surface area contributed by atoms with Crippen molar-refractivity contribution in [1.29, 1.82) is 0 Å². The van der Waals surface area contributed by atoms with Crippen molar-refractivity contribution in [2.24, 2.45) is 10.9 Å². The van der Waals surface area contributed by atoms with Crippen LogP contribution in [0.5, 0.6) is 5.75 Å². The average molecular weight is 237 g/mol. The van der Waals surface area contributed by atoms with Gasteiger partial charge in [0.25, 0.3) is 0 Å². The maximum atomic E-state index is 8.50. The molecule has 0 spiro atoms. The minimum Gasteiger partial charge on any atom is -0.489 e. The van der Waals surface area contributed by atoms with Crippen molar-refractivity contribution >= 4 is 5.84 Å². The normalized spacial score (nSPS) is 18.0. The van der Waals surface area contributed by atoms with E-state index < -0.39 is 0 Å². The van der Waals surface area contributed by atoms with E-state index in [4.69, 9.17) is 20.4 Å². The van der Waals surface area contributed by atoms with Crippen LogP contribution >= 0.6 is 0 Å². The molecule has 0 amide bonds. The molecule has 0 aliphatic carbocycles. The van der Waals surface area contributed by atoms with Gasteiger partial charge in [0.05, 0.1) is 19.4 Å². The Hall–Kier alpha value is -1.82. The van der Waals surface area contributed by atoms with E-state index in [0.717, 1.165) is 26.1 Å². The average Bonchev–Trinajstić information content (AvgIpc) is 2.40. The Morgan fingerprint density at radius 3 is 2.82 bits per heavy atom. The van der Waals surface area contributed by atoms with Crippen molar-refractivity contribution in [3.05, 3.63) is 24.0 Å². The third kappa shape index (κ3) is 3.07. The van der Waals surface area contributed by atoms with Gasteiger partial charge in [0.1, 0.15) is 17.5 Å². The van der Waals surface area contributed by atoms with E-state index in [1.807, 2.05) is 0 Å². The number of oxime groups is 1. The SMILES string of the molecule is NC(=NO)c1ccc(OC2CCOCC2)cn1. The highest BCUT2D eigenvalue weighted by molar-refractivity contribution is 5.95. The molecule has 1 aromatic rings. The number of nitrogens with zero attached hydrogens (tertiary/aromatic N) is 2. The second-order valence-corrected chi connectivity index (χ2v) is 3.79. The van der Waals surface area contributed by atoms with Gasteiger partial charge in [-0.2, -0.15) is 0 Å². The summed E-state index contributed by atoms with van der Waals surface area (Å²) in [5.74, 6) is 0.675. The van der Waals surface area contributed by atoms with Crippen LogP contribution in [0.15, 0.2) is 23.5 Å².